The third kappa shape index (κ3) is 6.48. The molecule has 2 rings (SSSR count). The quantitative estimate of drug-likeness (QED) is 0.307. The van der Waals surface area contributed by atoms with E-state index < -0.39 is 21.8 Å². The first-order valence-electron chi connectivity index (χ1n) is 8.17. The topological polar surface area (TPSA) is 139 Å². The van der Waals surface area contributed by atoms with E-state index in [2.05, 4.69) is 23.7 Å². The van der Waals surface area contributed by atoms with Crippen LogP contribution in [0.5, 0.6) is 0 Å². The maximum Gasteiger partial charge on any atom is 0.339 e. The van der Waals surface area contributed by atoms with Gasteiger partial charge in [0.2, 0.25) is 0 Å². The summed E-state index contributed by atoms with van der Waals surface area (Å²) in [4.78, 5) is 43.4. The minimum atomic E-state index is -0.691. The Morgan fingerprint density at radius 2 is 1.03 bits per heavy atom. The van der Waals surface area contributed by atoms with Crippen LogP contribution in [-0.4, -0.2) is 35.0 Å². The Labute approximate surface area is 169 Å². The minimum absolute atomic E-state index is 0.143. The summed E-state index contributed by atoms with van der Waals surface area (Å²) in [6, 6.07) is 9.83. The van der Waals surface area contributed by atoms with Crippen LogP contribution in [0.1, 0.15) is 20.7 Å². The maximum absolute atomic E-state index is 11.7. The van der Waals surface area contributed by atoms with Gasteiger partial charge in [-0.15, -0.1) is 0 Å². The Kier molecular flexibility index (Phi) is 7.62. The molecule has 30 heavy (non-hydrogen) atoms. The van der Waals surface area contributed by atoms with E-state index >= 15 is 0 Å². The van der Waals surface area contributed by atoms with Crippen molar-refractivity contribution in [1.29, 1.82) is 0 Å². The fourth-order valence-electron chi connectivity index (χ4n) is 1.97. The molecule has 2 aromatic rings. The number of non-ortho nitro benzene ring substituents is 2. The summed E-state index contributed by atoms with van der Waals surface area (Å²) >= 11 is 0. The molecule has 0 radical (unpaired) electrons. The third-order valence-corrected chi connectivity index (χ3v) is 3.42. The summed E-state index contributed by atoms with van der Waals surface area (Å²) in [5.74, 6) is 8.38. The summed E-state index contributed by atoms with van der Waals surface area (Å²) in [6.45, 7) is -0.486. The number of ether oxygens (including phenoxy) is 2. The van der Waals surface area contributed by atoms with Crippen LogP contribution in [0.25, 0.3) is 0 Å². The second-order valence-electron chi connectivity index (χ2n) is 5.36. The predicted octanol–water partition coefficient (Wildman–Crippen LogP) is 2.52. The fraction of sp³-hybridized carbons (Fsp3) is 0.100. The molecule has 0 aliphatic carbocycles. The largest absolute Gasteiger partial charge is 0.449 e. The number of hydrogen-bond acceptors (Lipinski definition) is 8. The molecule has 0 heterocycles. The molecule has 0 fully saturated rings. The molecule has 0 bridgehead atoms. The number of nitrogens with zero attached hydrogens (tertiary/aromatic N) is 2. The highest BCUT2D eigenvalue weighted by molar-refractivity contribution is 5.90. The highest BCUT2D eigenvalue weighted by atomic mass is 16.6. The van der Waals surface area contributed by atoms with E-state index in [4.69, 9.17) is 9.47 Å². The van der Waals surface area contributed by atoms with Gasteiger partial charge in [0.25, 0.3) is 11.4 Å². The molecule has 2 aromatic carbocycles. The maximum atomic E-state index is 11.7. The molecule has 0 unspecified atom stereocenters. The first-order valence-corrected chi connectivity index (χ1v) is 8.17. The Morgan fingerprint density at radius 1 is 0.700 bits per heavy atom. The molecule has 10 heteroatoms. The third-order valence-electron chi connectivity index (χ3n) is 3.42. The van der Waals surface area contributed by atoms with Crippen molar-refractivity contribution in [2.75, 3.05) is 13.2 Å². The molecule has 0 saturated carbocycles. The van der Waals surface area contributed by atoms with Crippen molar-refractivity contribution in [1.82, 2.24) is 0 Å². The Hall–Kier alpha value is -4.70. The van der Waals surface area contributed by atoms with Crippen molar-refractivity contribution in [3.63, 3.8) is 0 Å². The molecule has 0 aliphatic heterocycles. The number of nitro benzene ring substituents is 2. The molecule has 0 amide bonds. The van der Waals surface area contributed by atoms with E-state index in [0.29, 0.717) is 0 Å². The second-order valence-corrected chi connectivity index (χ2v) is 5.36. The summed E-state index contributed by atoms with van der Waals surface area (Å²) < 4.78 is 9.75. The molecule has 0 atom stereocenters. The van der Waals surface area contributed by atoms with Gasteiger partial charge in [0.1, 0.15) is 0 Å². The zero-order valence-corrected chi connectivity index (χ0v) is 15.2. The van der Waals surface area contributed by atoms with E-state index in [-0.39, 0.29) is 35.7 Å². The molecule has 0 spiro atoms. The van der Waals surface area contributed by atoms with Crippen molar-refractivity contribution in [2.24, 2.45) is 0 Å². The summed E-state index contributed by atoms with van der Waals surface area (Å²) in [6.07, 6.45) is 0. The van der Waals surface area contributed by atoms with Crippen LogP contribution >= 0.6 is 0 Å². The number of carbonyl (C=O) groups is 2. The molecule has 0 N–H and O–H groups in total. The highest BCUT2D eigenvalue weighted by Crippen LogP contribution is 2.13. The highest BCUT2D eigenvalue weighted by Gasteiger charge is 2.10. The van der Waals surface area contributed by atoms with Crippen molar-refractivity contribution in [3.05, 3.63) is 79.9 Å². The van der Waals surface area contributed by atoms with Crippen LogP contribution in [0.3, 0.4) is 0 Å². The van der Waals surface area contributed by atoms with E-state index in [1.54, 1.807) is 0 Å². The predicted molar refractivity (Wildman–Crippen MR) is 102 cm³/mol. The van der Waals surface area contributed by atoms with Gasteiger partial charge in [-0.1, -0.05) is 0 Å². The van der Waals surface area contributed by atoms with Gasteiger partial charge in [0.05, 0.1) is 21.0 Å². The van der Waals surface area contributed by atoms with Crippen LogP contribution in [0.4, 0.5) is 11.4 Å². The number of hydrogen-bond donors (Lipinski definition) is 0. The number of nitro groups is 2. The lowest BCUT2D eigenvalue weighted by Crippen LogP contribution is -2.05. The van der Waals surface area contributed by atoms with Crippen molar-refractivity contribution in [2.45, 2.75) is 0 Å². The molecular weight excluding hydrogens is 396 g/mol. The molecule has 10 nitrogen and oxygen atoms in total. The normalized spacial score (nSPS) is 9.20. The zero-order valence-electron chi connectivity index (χ0n) is 15.2. The lowest BCUT2D eigenvalue weighted by Gasteiger charge is -2.00. The van der Waals surface area contributed by atoms with Crippen LogP contribution < -0.4 is 0 Å². The van der Waals surface area contributed by atoms with Crippen molar-refractivity contribution < 1.29 is 28.9 Å². The second kappa shape index (κ2) is 10.6. The standard InChI is InChI=1S/C20H12N2O8/c23-19(15-5-9-17(10-6-15)21(25)26)29-13-3-1-2-4-14-30-20(24)16-7-11-18(12-8-16)22(27)28/h5-12H,13-14H2. The van der Waals surface area contributed by atoms with Gasteiger partial charge in [-0.05, 0) is 47.9 Å². The van der Waals surface area contributed by atoms with Crippen LogP contribution in [-0.2, 0) is 9.47 Å². The van der Waals surface area contributed by atoms with E-state index in [1.165, 1.54) is 48.5 Å². The number of rotatable bonds is 6. The van der Waals surface area contributed by atoms with E-state index in [0.717, 1.165) is 0 Å². The first-order chi connectivity index (χ1) is 14.4. The SMILES string of the molecule is O=C(OCC#CC#CCOC(=O)c1ccc([N+](=O)[O-])cc1)c1ccc([N+](=O)[O-])cc1. The monoisotopic (exact) mass is 408 g/mol. The lowest BCUT2D eigenvalue weighted by molar-refractivity contribution is -0.385. The average molecular weight is 408 g/mol. The summed E-state index contributed by atoms with van der Waals surface area (Å²) in [5, 5.41) is 21.1. The van der Waals surface area contributed by atoms with Crippen molar-refractivity contribution >= 4 is 23.3 Å². The van der Waals surface area contributed by atoms with Gasteiger partial charge in [-0.3, -0.25) is 20.2 Å². The molecule has 150 valence electrons. The summed E-state index contributed by atoms with van der Waals surface area (Å²) in [7, 11) is 0. The van der Waals surface area contributed by atoms with Crippen LogP contribution in [0, 0.1) is 43.9 Å². The van der Waals surface area contributed by atoms with Gasteiger partial charge in [-0.25, -0.2) is 9.59 Å². The molecule has 0 aliphatic rings. The first kappa shape index (κ1) is 21.6. The Bertz CT molecular complexity index is 995. The minimum Gasteiger partial charge on any atom is -0.449 e. The number of benzene rings is 2. The lowest BCUT2D eigenvalue weighted by atomic mass is 10.2. The van der Waals surface area contributed by atoms with Crippen LogP contribution in [0.15, 0.2) is 48.5 Å². The van der Waals surface area contributed by atoms with Gasteiger partial charge in [-0.2, -0.15) is 0 Å². The number of esters is 2. The van der Waals surface area contributed by atoms with Crippen LogP contribution in [0.2, 0.25) is 0 Å². The van der Waals surface area contributed by atoms with Gasteiger partial charge in [0.15, 0.2) is 13.2 Å². The Morgan fingerprint density at radius 3 is 1.33 bits per heavy atom. The van der Waals surface area contributed by atoms with Gasteiger partial charge < -0.3 is 9.47 Å². The smallest absolute Gasteiger partial charge is 0.339 e. The molecule has 0 saturated heterocycles. The average Bonchev–Trinajstić information content (AvgIpc) is 2.75. The zero-order chi connectivity index (χ0) is 21.9. The van der Waals surface area contributed by atoms with Gasteiger partial charge >= 0.3 is 11.9 Å². The van der Waals surface area contributed by atoms with Crippen molar-refractivity contribution in [3.8, 4) is 23.7 Å². The van der Waals surface area contributed by atoms with E-state index in [1.807, 2.05) is 0 Å². The summed E-state index contributed by atoms with van der Waals surface area (Å²) in [5.41, 5.74) is 0.00470. The van der Waals surface area contributed by atoms with E-state index in [9.17, 15) is 29.8 Å². The Balaban J connectivity index is 1.73. The molecular formula is C20H12N2O8. The van der Waals surface area contributed by atoms with Gasteiger partial charge in [0, 0.05) is 24.3 Å². The molecule has 0 aromatic heterocycles. The fourth-order valence-corrected chi connectivity index (χ4v) is 1.97. The number of carbonyl (C=O) groups excluding carboxylic acids is 2.